The van der Waals surface area contributed by atoms with E-state index in [0.717, 1.165) is 5.56 Å². The summed E-state index contributed by atoms with van der Waals surface area (Å²) in [5, 5.41) is 14.7. The van der Waals surface area contributed by atoms with Gasteiger partial charge in [-0.3, -0.25) is 14.9 Å². The minimum absolute atomic E-state index is 0.0321. The van der Waals surface area contributed by atoms with Crippen molar-refractivity contribution in [2.75, 3.05) is 14.2 Å². The third kappa shape index (κ3) is 4.93. The van der Waals surface area contributed by atoms with E-state index in [1.165, 1.54) is 32.6 Å². The zero-order valence-electron chi connectivity index (χ0n) is 14.1. The Morgan fingerprint density at radius 1 is 1.23 bits per heavy atom. The molecule has 0 aliphatic heterocycles. The Morgan fingerprint density at radius 3 is 2.62 bits per heavy atom. The monoisotopic (exact) mass is 377 g/mol. The number of carbonyl (C=O) groups excluding carboxylic acids is 1. The van der Waals surface area contributed by atoms with Gasteiger partial charge in [0.05, 0.1) is 31.8 Å². The number of hydrogen-bond acceptors (Lipinski definition) is 6. The van der Waals surface area contributed by atoms with Crippen LogP contribution in [0.4, 0.5) is 5.69 Å². The number of amides is 1. The van der Waals surface area contributed by atoms with Gasteiger partial charge in [0.25, 0.3) is 5.69 Å². The fourth-order valence-corrected chi connectivity index (χ4v) is 2.33. The maximum atomic E-state index is 12.0. The summed E-state index contributed by atoms with van der Waals surface area (Å²) >= 11 is 5.74. The predicted octanol–water partition coefficient (Wildman–Crippen LogP) is 2.96. The maximum Gasteiger partial charge on any atom is 0.288 e. The van der Waals surface area contributed by atoms with Gasteiger partial charge < -0.3 is 9.47 Å². The quantitative estimate of drug-likeness (QED) is 0.454. The van der Waals surface area contributed by atoms with Crippen molar-refractivity contribution in [1.82, 2.24) is 5.43 Å². The molecule has 0 heterocycles. The number of benzene rings is 2. The highest BCUT2D eigenvalue weighted by Crippen LogP contribution is 2.27. The van der Waals surface area contributed by atoms with Crippen LogP contribution in [0.5, 0.6) is 11.5 Å². The Kier molecular flexibility index (Phi) is 6.51. The lowest BCUT2D eigenvalue weighted by molar-refractivity contribution is -0.384. The topological polar surface area (TPSA) is 103 Å². The molecule has 0 unspecified atom stereocenters. The van der Waals surface area contributed by atoms with Crippen molar-refractivity contribution >= 4 is 29.4 Å². The SMILES string of the molecule is COc1ccc(CC(=O)NN=Cc2ccc(Cl)c([N+](=O)[O-])c2)cc1OC. The first-order valence-electron chi connectivity index (χ1n) is 7.41. The van der Waals surface area contributed by atoms with E-state index >= 15 is 0 Å². The van der Waals surface area contributed by atoms with Gasteiger partial charge in [-0.1, -0.05) is 23.7 Å². The molecule has 0 radical (unpaired) electrons. The number of carbonyl (C=O) groups is 1. The molecule has 0 saturated carbocycles. The fourth-order valence-electron chi connectivity index (χ4n) is 2.14. The highest BCUT2D eigenvalue weighted by Gasteiger charge is 2.12. The molecule has 1 N–H and O–H groups in total. The van der Waals surface area contributed by atoms with Crippen molar-refractivity contribution in [2.24, 2.45) is 5.10 Å². The molecular formula is C17H16ClN3O5. The molecule has 0 saturated heterocycles. The Bertz CT molecular complexity index is 854. The Labute approximate surface area is 154 Å². The molecule has 26 heavy (non-hydrogen) atoms. The van der Waals surface area contributed by atoms with Crippen molar-refractivity contribution in [3.8, 4) is 11.5 Å². The van der Waals surface area contributed by atoms with E-state index in [1.807, 2.05) is 0 Å². The second kappa shape index (κ2) is 8.82. The van der Waals surface area contributed by atoms with Gasteiger partial charge in [-0.25, -0.2) is 5.43 Å². The number of hydrazone groups is 1. The van der Waals surface area contributed by atoms with Crippen LogP contribution in [0.25, 0.3) is 0 Å². The molecule has 0 aromatic heterocycles. The average molecular weight is 378 g/mol. The Balaban J connectivity index is 1.99. The van der Waals surface area contributed by atoms with E-state index in [2.05, 4.69) is 10.5 Å². The highest BCUT2D eigenvalue weighted by atomic mass is 35.5. The third-order valence-electron chi connectivity index (χ3n) is 3.38. The first kappa shape index (κ1) is 19.2. The van der Waals surface area contributed by atoms with Crippen molar-refractivity contribution < 1.29 is 19.2 Å². The number of ether oxygens (including phenoxy) is 2. The second-order valence-corrected chi connectivity index (χ2v) is 5.53. The van der Waals surface area contributed by atoms with Crippen molar-refractivity contribution in [2.45, 2.75) is 6.42 Å². The van der Waals surface area contributed by atoms with Crippen LogP contribution in [0.3, 0.4) is 0 Å². The lowest BCUT2D eigenvalue weighted by Gasteiger charge is -2.09. The van der Waals surface area contributed by atoms with Gasteiger partial charge in [-0.2, -0.15) is 5.10 Å². The molecule has 0 aliphatic rings. The third-order valence-corrected chi connectivity index (χ3v) is 3.70. The molecule has 2 aromatic carbocycles. The number of rotatable bonds is 7. The van der Waals surface area contributed by atoms with Gasteiger partial charge >= 0.3 is 0 Å². The van der Waals surface area contributed by atoms with Gasteiger partial charge in [0, 0.05) is 11.6 Å². The highest BCUT2D eigenvalue weighted by molar-refractivity contribution is 6.32. The number of nitro groups is 1. The van der Waals surface area contributed by atoms with E-state index in [1.54, 1.807) is 24.3 Å². The molecule has 9 heteroatoms. The smallest absolute Gasteiger partial charge is 0.288 e. The summed E-state index contributed by atoms with van der Waals surface area (Å²) in [5.74, 6) is 0.741. The lowest BCUT2D eigenvalue weighted by Crippen LogP contribution is -2.19. The molecular weight excluding hydrogens is 362 g/mol. The molecule has 0 atom stereocenters. The zero-order chi connectivity index (χ0) is 19.1. The average Bonchev–Trinajstić information content (AvgIpc) is 2.62. The standard InChI is InChI=1S/C17H16ClN3O5/c1-25-15-6-4-11(8-16(15)26-2)9-17(22)20-19-10-12-3-5-13(18)14(7-12)21(23)24/h3-8,10H,9H2,1-2H3,(H,20,22). The molecule has 0 bridgehead atoms. The summed E-state index contributed by atoms with van der Waals surface area (Å²) in [4.78, 5) is 22.2. The van der Waals surface area contributed by atoms with Crippen LogP contribution in [0, 0.1) is 10.1 Å². The first-order chi connectivity index (χ1) is 12.4. The van der Waals surface area contributed by atoms with Crippen LogP contribution in [-0.2, 0) is 11.2 Å². The van der Waals surface area contributed by atoms with Crippen LogP contribution < -0.4 is 14.9 Å². The maximum absolute atomic E-state index is 12.0. The number of nitro benzene ring substituents is 1. The molecule has 1 amide bonds. The number of halogens is 1. The van der Waals surface area contributed by atoms with Crippen molar-refractivity contribution in [1.29, 1.82) is 0 Å². The number of hydrogen-bond donors (Lipinski definition) is 1. The normalized spacial score (nSPS) is 10.6. The summed E-state index contributed by atoms with van der Waals surface area (Å²) < 4.78 is 10.3. The van der Waals surface area contributed by atoms with E-state index in [0.29, 0.717) is 17.1 Å². The number of nitrogens with zero attached hydrogens (tertiary/aromatic N) is 2. The van der Waals surface area contributed by atoms with E-state index in [4.69, 9.17) is 21.1 Å². The Morgan fingerprint density at radius 2 is 1.96 bits per heavy atom. The van der Waals surface area contributed by atoms with Gasteiger partial charge in [-0.05, 0) is 23.8 Å². The van der Waals surface area contributed by atoms with Crippen molar-refractivity contribution in [3.63, 3.8) is 0 Å². The molecule has 0 fully saturated rings. The second-order valence-electron chi connectivity index (χ2n) is 5.13. The van der Waals surface area contributed by atoms with Gasteiger partial charge in [0.2, 0.25) is 5.91 Å². The van der Waals surface area contributed by atoms with Crippen LogP contribution >= 0.6 is 11.6 Å². The van der Waals surface area contributed by atoms with Crippen LogP contribution in [0.15, 0.2) is 41.5 Å². The van der Waals surface area contributed by atoms with Crippen LogP contribution in [0.2, 0.25) is 5.02 Å². The number of nitrogens with one attached hydrogen (secondary N) is 1. The van der Waals surface area contributed by atoms with Gasteiger partial charge in [0.15, 0.2) is 11.5 Å². The minimum atomic E-state index is -0.588. The van der Waals surface area contributed by atoms with Gasteiger partial charge in [0.1, 0.15) is 5.02 Å². The van der Waals surface area contributed by atoms with E-state index in [9.17, 15) is 14.9 Å². The first-order valence-corrected chi connectivity index (χ1v) is 7.79. The largest absolute Gasteiger partial charge is 0.493 e. The molecule has 2 rings (SSSR count). The summed E-state index contributed by atoms with van der Waals surface area (Å²) in [7, 11) is 3.04. The molecule has 0 spiro atoms. The fraction of sp³-hybridized carbons (Fsp3) is 0.176. The van der Waals surface area contributed by atoms with Gasteiger partial charge in [-0.15, -0.1) is 0 Å². The van der Waals surface area contributed by atoms with Crippen LogP contribution in [-0.4, -0.2) is 31.3 Å². The minimum Gasteiger partial charge on any atom is -0.493 e. The molecule has 136 valence electrons. The summed E-state index contributed by atoms with van der Waals surface area (Å²) in [6.45, 7) is 0. The summed E-state index contributed by atoms with van der Waals surface area (Å²) in [5.41, 5.74) is 3.29. The Hall–Kier alpha value is -3.13. The lowest BCUT2D eigenvalue weighted by atomic mass is 10.1. The summed E-state index contributed by atoms with van der Waals surface area (Å²) in [6.07, 6.45) is 1.38. The predicted molar refractivity (Wildman–Crippen MR) is 97.1 cm³/mol. The van der Waals surface area contributed by atoms with E-state index < -0.39 is 4.92 Å². The van der Waals surface area contributed by atoms with E-state index in [-0.39, 0.29) is 23.0 Å². The molecule has 0 aliphatic carbocycles. The number of methoxy groups -OCH3 is 2. The molecule has 2 aromatic rings. The molecule has 8 nitrogen and oxygen atoms in total. The zero-order valence-corrected chi connectivity index (χ0v) is 14.8. The van der Waals surface area contributed by atoms with Crippen molar-refractivity contribution in [3.05, 3.63) is 62.7 Å². The summed E-state index contributed by atoms with van der Waals surface area (Å²) in [6, 6.07) is 9.37. The van der Waals surface area contributed by atoms with Crippen LogP contribution in [0.1, 0.15) is 11.1 Å².